The second kappa shape index (κ2) is 12.9. The lowest BCUT2D eigenvalue weighted by atomic mass is 10.1. The standard InChI is InChI=1S/C14H25N7O7S3/c15-10(1-2-29-5-7-6-30-14(19-7)20-13(16)17)21-31(27,28)18-3-8(23)11(25)12(26)9(24)4-22/h6,9,11-12,18,22,24-26H,1-5H2,(H2,15,21)(H4,16,17,19,20)/t9-,11-,12-/m1/s1. The summed E-state index contributed by atoms with van der Waals surface area (Å²) in [6.07, 6.45) is -5.69. The van der Waals surface area contributed by atoms with Gasteiger partial charge in [0.15, 0.2) is 11.7 Å². The molecule has 0 radical (unpaired) electrons. The van der Waals surface area contributed by atoms with Gasteiger partial charge in [-0.1, -0.05) is 0 Å². The van der Waals surface area contributed by atoms with Gasteiger partial charge in [0, 0.05) is 23.3 Å². The number of carbonyl (C=O) groups is 1. The fourth-order valence-electron chi connectivity index (χ4n) is 1.89. The Morgan fingerprint density at radius 1 is 1.29 bits per heavy atom. The van der Waals surface area contributed by atoms with Crippen molar-refractivity contribution < 1.29 is 33.6 Å². The van der Waals surface area contributed by atoms with Crippen LogP contribution in [-0.4, -0.2) is 88.6 Å². The van der Waals surface area contributed by atoms with Gasteiger partial charge in [0.05, 0.1) is 18.8 Å². The molecule has 0 amide bonds. The zero-order valence-corrected chi connectivity index (χ0v) is 18.6. The molecule has 0 bridgehead atoms. The van der Waals surface area contributed by atoms with Crippen molar-refractivity contribution in [3.8, 4) is 0 Å². The van der Waals surface area contributed by atoms with Crippen LogP contribution in [0.4, 0.5) is 5.13 Å². The lowest BCUT2D eigenvalue weighted by Crippen LogP contribution is -2.47. The van der Waals surface area contributed by atoms with Gasteiger partial charge in [0.2, 0.25) is 5.13 Å². The monoisotopic (exact) mass is 499 g/mol. The number of aliphatic hydroxyl groups is 4. The minimum Gasteiger partial charge on any atom is -0.394 e. The quantitative estimate of drug-likeness (QED) is 0.0704. The number of thioether (sulfide) groups is 1. The van der Waals surface area contributed by atoms with Gasteiger partial charge in [0.25, 0.3) is 0 Å². The smallest absolute Gasteiger partial charge is 0.321 e. The first-order valence-corrected chi connectivity index (χ1v) is 12.1. The Bertz CT molecular complexity index is 887. The molecule has 0 saturated heterocycles. The summed E-state index contributed by atoms with van der Waals surface area (Å²) in [6, 6.07) is 0. The van der Waals surface area contributed by atoms with Crippen LogP contribution in [0.5, 0.6) is 0 Å². The molecule has 1 rings (SSSR count). The van der Waals surface area contributed by atoms with Crippen LogP contribution in [0, 0.1) is 0 Å². The first-order chi connectivity index (χ1) is 14.4. The fraction of sp³-hybridized carbons (Fsp3) is 0.571. The molecular formula is C14H25N7O7S3. The van der Waals surface area contributed by atoms with Gasteiger partial charge in [-0.15, -0.1) is 15.7 Å². The highest BCUT2D eigenvalue weighted by molar-refractivity contribution is 7.98. The van der Waals surface area contributed by atoms with E-state index in [1.165, 1.54) is 23.1 Å². The molecule has 0 fully saturated rings. The van der Waals surface area contributed by atoms with Gasteiger partial charge in [0.1, 0.15) is 24.1 Å². The number of carbonyl (C=O) groups excluding carboxylic acids is 1. The summed E-state index contributed by atoms with van der Waals surface area (Å²) in [4.78, 5) is 19.7. The summed E-state index contributed by atoms with van der Waals surface area (Å²) in [6.45, 7) is -1.79. The van der Waals surface area contributed by atoms with Gasteiger partial charge < -0.3 is 37.6 Å². The molecule has 0 aliphatic heterocycles. The van der Waals surface area contributed by atoms with Crippen molar-refractivity contribution in [2.45, 2.75) is 30.5 Å². The molecule has 0 saturated carbocycles. The number of aliphatic imine (C=N–C) groups is 1. The van der Waals surface area contributed by atoms with Crippen LogP contribution in [0.1, 0.15) is 12.1 Å². The van der Waals surface area contributed by atoms with Gasteiger partial charge in [-0.2, -0.15) is 29.9 Å². The topological polar surface area (TPSA) is 260 Å². The van der Waals surface area contributed by atoms with Gasteiger partial charge in [-0.3, -0.25) is 4.79 Å². The van der Waals surface area contributed by atoms with Crippen LogP contribution in [0.2, 0.25) is 0 Å². The molecule has 0 spiro atoms. The van der Waals surface area contributed by atoms with Crippen molar-refractivity contribution >= 4 is 56.0 Å². The molecule has 31 heavy (non-hydrogen) atoms. The van der Waals surface area contributed by atoms with E-state index >= 15 is 0 Å². The van der Waals surface area contributed by atoms with Crippen LogP contribution in [0.15, 0.2) is 14.8 Å². The predicted molar refractivity (Wildman–Crippen MR) is 117 cm³/mol. The molecule has 1 aromatic heterocycles. The molecule has 1 heterocycles. The molecule has 1 aromatic rings. The number of nitrogens with two attached hydrogens (primary N) is 3. The van der Waals surface area contributed by atoms with Crippen molar-refractivity contribution in [1.29, 1.82) is 0 Å². The van der Waals surface area contributed by atoms with E-state index in [0.29, 0.717) is 16.6 Å². The number of hydrogen-bond donors (Lipinski definition) is 8. The largest absolute Gasteiger partial charge is 0.394 e. The molecule has 14 nitrogen and oxygen atoms in total. The van der Waals surface area contributed by atoms with E-state index in [4.69, 9.17) is 22.3 Å². The number of Topliss-reactive ketones (excluding diaryl/α,β-unsaturated/α-hetero) is 1. The Hall–Kier alpha value is -1.86. The van der Waals surface area contributed by atoms with Gasteiger partial charge in [-0.25, -0.2) is 4.98 Å². The molecule has 3 atom stereocenters. The summed E-state index contributed by atoms with van der Waals surface area (Å²) in [7, 11) is -4.33. The number of aromatic nitrogens is 1. The Morgan fingerprint density at radius 2 is 1.97 bits per heavy atom. The highest BCUT2D eigenvalue weighted by atomic mass is 32.2. The summed E-state index contributed by atoms with van der Waals surface area (Å²) in [5, 5.41) is 39.1. The van der Waals surface area contributed by atoms with E-state index in [9.17, 15) is 28.5 Å². The minimum absolute atomic E-state index is 0.0949. The highest BCUT2D eigenvalue weighted by Gasteiger charge is 2.30. The lowest BCUT2D eigenvalue weighted by molar-refractivity contribution is -0.139. The molecular weight excluding hydrogens is 474 g/mol. The van der Waals surface area contributed by atoms with E-state index in [1.807, 2.05) is 4.72 Å². The zero-order chi connectivity index (χ0) is 23.6. The number of amidine groups is 1. The van der Waals surface area contributed by atoms with E-state index in [1.54, 1.807) is 5.38 Å². The van der Waals surface area contributed by atoms with Crippen LogP contribution < -0.4 is 21.9 Å². The molecule has 11 N–H and O–H groups in total. The number of hydrogen-bond acceptors (Lipinski definition) is 11. The SMILES string of the molecule is NC(N)=Nc1nc(CSCCC(N)=NS(=O)(=O)NCC(=O)[C@@H](O)[C@H](O)[C@H](O)CO)cs1. The second-order valence-electron chi connectivity index (χ2n) is 5.99. The molecule has 0 unspecified atom stereocenters. The molecule has 17 heteroatoms. The third kappa shape index (κ3) is 10.3. The maximum atomic E-state index is 11.9. The number of thiazole rings is 1. The first kappa shape index (κ1) is 27.2. The highest BCUT2D eigenvalue weighted by Crippen LogP contribution is 2.22. The Labute approximate surface area is 186 Å². The second-order valence-corrected chi connectivity index (χ2v) is 9.35. The predicted octanol–water partition coefficient (Wildman–Crippen LogP) is -3.49. The number of nitrogens with zero attached hydrogens (tertiary/aromatic N) is 3. The van der Waals surface area contributed by atoms with E-state index in [0.717, 1.165) is 5.69 Å². The number of nitrogens with one attached hydrogen (secondary N) is 1. The summed E-state index contributed by atoms with van der Waals surface area (Å²) < 4.78 is 28.8. The molecule has 176 valence electrons. The van der Waals surface area contributed by atoms with Gasteiger partial charge in [-0.05, 0) is 0 Å². The van der Waals surface area contributed by atoms with Crippen LogP contribution in [0.3, 0.4) is 0 Å². The molecule has 0 aliphatic rings. The molecule has 0 aromatic carbocycles. The van der Waals surface area contributed by atoms with Crippen molar-refractivity contribution in [2.75, 3.05) is 18.9 Å². The third-order valence-corrected chi connectivity index (χ3v) is 6.18. The van der Waals surface area contributed by atoms with Crippen molar-refractivity contribution in [2.24, 2.45) is 26.6 Å². The van der Waals surface area contributed by atoms with E-state index in [-0.39, 0.29) is 18.2 Å². The first-order valence-electron chi connectivity index (χ1n) is 8.58. The summed E-state index contributed by atoms with van der Waals surface area (Å²) >= 11 is 2.69. The normalized spacial score (nSPS) is 15.3. The van der Waals surface area contributed by atoms with Crippen molar-refractivity contribution in [3.05, 3.63) is 11.1 Å². The third-order valence-electron chi connectivity index (χ3n) is 3.42. The molecule has 0 aliphatic carbocycles. The number of rotatable bonds is 14. The maximum absolute atomic E-state index is 11.9. The Morgan fingerprint density at radius 3 is 2.58 bits per heavy atom. The van der Waals surface area contributed by atoms with E-state index < -0.39 is 47.5 Å². The van der Waals surface area contributed by atoms with Crippen LogP contribution >= 0.6 is 23.1 Å². The Balaban J connectivity index is 2.44. The zero-order valence-electron chi connectivity index (χ0n) is 16.2. The summed E-state index contributed by atoms with van der Waals surface area (Å²) in [5.74, 6) is -0.478. The number of guanidine groups is 1. The minimum atomic E-state index is -4.33. The van der Waals surface area contributed by atoms with E-state index in [2.05, 4.69) is 14.4 Å². The number of aliphatic hydroxyl groups excluding tert-OH is 4. The number of ketones is 1. The summed E-state index contributed by atoms with van der Waals surface area (Å²) in [5.41, 5.74) is 16.9. The fourth-order valence-corrected chi connectivity index (χ4v) is 4.34. The van der Waals surface area contributed by atoms with Crippen LogP contribution in [-0.2, 0) is 20.8 Å². The lowest BCUT2D eigenvalue weighted by Gasteiger charge is -2.20. The average molecular weight is 500 g/mol. The van der Waals surface area contributed by atoms with Gasteiger partial charge >= 0.3 is 10.2 Å². The van der Waals surface area contributed by atoms with Crippen molar-refractivity contribution in [3.63, 3.8) is 0 Å². The average Bonchev–Trinajstić information content (AvgIpc) is 3.13. The van der Waals surface area contributed by atoms with Crippen LogP contribution in [0.25, 0.3) is 0 Å². The van der Waals surface area contributed by atoms with Crippen molar-refractivity contribution in [1.82, 2.24) is 9.71 Å². The maximum Gasteiger partial charge on any atom is 0.321 e. The Kier molecular flexibility index (Phi) is 11.3.